The molecule has 0 spiro atoms. The van der Waals surface area contributed by atoms with E-state index in [4.69, 9.17) is 0 Å². The Morgan fingerprint density at radius 3 is 2.26 bits per heavy atom. The molecule has 2 saturated carbocycles. The molecule has 3 heterocycles. The highest BCUT2D eigenvalue weighted by molar-refractivity contribution is 7.89. The SMILES string of the molecule is CC1CCS(=O)(=O)N1C(c1cc(F)c(N2CC3C(C2)C3n2cnnc2)cc1F)C1CCCCC1. The zero-order chi connectivity index (χ0) is 23.6. The third kappa shape index (κ3) is 3.64. The summed E-state index contributed by atoms with van der Waals surface area (Å²) in [6.45, 7) is 3.20. The fourth-order valence-electron chi connectivity index (χ4n) is 6.84. The van der Waals surface area contributed by atoms with Crippen molar-refractivity contribution in [1.29, 1.82) is 0 Å². The molecule has 1 aromatic carbocycles. The van der Waals surface area contributed by atoms with Gasteiger partial charge in [-0.25, -0.2) is 17.2 Å². The van der Waals surface area contributed by atoms with Crippen LogP contribution >= 0.6 is 0 Å². The molecule has 184 valence electrons. The molecule has 4 unspecified atom stereocenters. The molecule has 0 N–H and O–H groups in total. The molecule has 34 heavy (non-hydrogen) atoms. The Bertz CT molecular complexity index is 1160. The summed E-state index contributed by atoms with van der Waals surface area (Å²) in [6.07, 6.45) is 8.72. The number of fused-ring (bicyclic) bond motifs is 1. The van der Waals surface area contributed by atoms with Crippen LogP contribution in [0.15, 0.2) is 24.8 Å². The van der Waals surface area contributed by atoms with Crippen LogP contribution in [0.5, 0.6) is 0 Å². The minimum absolute atomic E-state index is 0.00723. The molecule has 6 rings (SSSR count). The molecule has 10 heteroatoms. The summed E-state index contributed by atoms with van der Waals surface area (Å²) in [5.41, 5.74) is 0.466. The highest BCUT2D eigenvalue weighted by atomic mass is 32.2. The maximum Gasteiger partial charge on any atom is 0.214 e. The molecule has 0 bridgehead atoms. The third-order valence-corrected chi connectivity index (χ3v) is 10.6. The molecular formula is C24H31F2N5O2S. The Morgan fingerprint density at radius 1 is 0.971 bits per heavy atom. The number of benzene rings is 1. The van der Waals surface area contributed by atoms with Crippen LogP contribution in [0.2, 0.25) is 0 Å². The number of sulfonamides is 1. The van der Waals surface area contributed by atoms with Crippen LogP contribution in [0.3, 0.4) is 0 Å². The molecule has 1 aromatic heterocycles. The van der Waals surface area contributed by atoms with Crippen molar-refractivity contribution in [3.8, 4) is 0 Å². The number of hydrogen-bond donors (Lipinski definition) is 0. The summed E-state index contributed by atoms with van der Waals surface area (Å²) in [4.78, 5) is 1.92. The second kappa shape index (κ2) is 8.26. The first kappa shape index (κ1) is 22.4. The lowest BCUT2D eigenvalue weighted by Gasteiger charge is -2.38. The summed E-state index contributed by atoms with van der Waals surface area (Å²) in [7, 11) is -3.50. The number of hydrogen-bond acceptors (Lipinski definition) is 5. The van der Waals surface area contributed by atoms with E-state index in [0.29, 0.717) is 37.4 Å². The number of nitrogens with zero attached hydrogens (tertiary/aromatic N) is 5. The van der Waals surface area contributed by atoms with Crippen molar-refractivity contribution in [2.24, 2.45) is 17.8 Å². The van der Waals surface area contributed by atoms with E-state index in [-0.39, 0.29) is 29.0 Å². The van der Waals surface area contributed by atoms with Gasteiger partial charge in [-0.15, -0.1) is 10.2 Å². The summed E-state index contributed by atoms with van der Waals surface area (Å²) in [5, 5.41) is 7.74. The van der Waals surface area contributed by atoms with E-state index in [1.807, 2.05) is 16.4 Å². The van der Waals surface area contributed by atoms with Crippen molar-refractivity contribution in [3.05, 3.63) is 42.0 Å². The quantitative estimate of drug-likeness (QED) is 0.634. The number of piperidine rings is 1. The van der Waals surface area contributed by atoms with Gasteiger partial charge >= 0.3 is 0 Å². The molecule has 4 atom stereocenters. The van der Waals surface area contributed by atoms with Crippen LogP contribution in [-0.4, -0.2) is 52.4 Å². The molecule has 0 radical (unpaired) electrons. The Kier molecular flexibility index (Phi) is 5.44. The van der Waals surface area contributed by atoms with E-state index in [1.165, 1.54) is 16.4 Å². The minimum Gasteiger partial charge on any atom is -0.368 e. The Balaban J connectivity index is 1.29. The molecule has 2 aromatic rings. The molecule has 2 aliphatic carbocycles. The van der Waals surface area contributed by atoms with E-state index in [1.54, 1.807) is 12.7 Å². The van der Waals surface area contributed by atoms with Crippen LogP contribution in [0.1, 0.15) is 63.1 Å². The Morgan fingerprint density at radius 2 is 1.65 bits per heavy atom. The van der Waals surface area contributed by atoms with Crippen LogP contribution in [-0.2, 0) is 10.0 Å². The van der Waals surface area contributed by atoms with Crippen molar-refractivity contribution in [2.45, 2.75) is 63.6 Å². The van der Waals surface area contributed by atoms with Crippen LogP contribution in [0, 0.1) is 29.4 Å². The number of halogens is 2. The average Bonchev–Trinajstić information content (AvgIpc) is 3.23. The van der Waals surface area contributed by atoms with E-state index in [2.05, 4.69) is 10.2 Å². The maximum absolute atomic E-state index is 15.7. The highest BCUT2D eigenvalue weighted by Gasteiger charge is 2.57. The van der Waals surface area contributed by atoms with Gasteiger partial charge in [0.1, 0.15) is 24.3 Å². The maximum atomic E-state index is 15.7. The second-order valence-electron chi connectivity index (χ2n) is 10.6. The van der Waals surface area contributed by atoms with Gasteiger partial charge < -0.3 is 9.47 Å². The normalized spacial score (nSPS) is 32.1. The van der Waals surface area contributed by atoms with Gasteiger partial charge in [-0.3, -0.25) is 0 Å². The van der Waals surface area contributed by atoms with Gasteiger partial charge in [0.05, 0.1) is 17.5 Å². The predicted molar refractivity (Wildman–Crippen MR) is 124 cm³/mol. The third-order valence-electron chi connectivity index (χ3n) is 8.57. The Labute approximate surface area is 199 Å². The molecule has 4 aliphatic rings. The van der Waals surface area contributed by atoms with E-state index in [9.17, 15) is 8.42 Å². The number of aromatic nitrogens is 3. The second-order valence-corrected chi connectivity index (χ2v) is 12.6. The monoisotopic (exact) mass is 491 g/mol. The van der Waals surface area contributed by atoms with Gasteiger partial charge in [0, 0.05) is 48.6 Å². The van der Waals surface area contributed by atoms with Crippen LogP contribution < -0.4 is 4.90 Å². The average molecular weight is 492 g/mol. The number of anilines is 1. The highest BCUT2D eigenvalue weighted by Crippen LogP contribution is 2.56. The van der Waals surface area contributed by atoms with Gasteiger partial charge in [0.2, 0.25) is 10.0 Å². The first-order chi connectivity index (χ1) is 16.3. The van der Waals surface area contributed by atoms with Gasteiger partial charge in [0.25, 0.3) is 0 Å². The molecule has 0 amide bonds. The van der Waals surface area contributed by atoms with Crippen LogP contribution in [0.4, 0.5) is 14.5 Å². The lowest BCUT2D eigenvalue weighted by molar-refractivity contribution is 0.168. The molecule has 7 nitrogen and oxygen atoms in total. The largest absolute Gasteiger partial charge is 0.368 e. The lowest BCUT2D eigenvalue weighted by Crippen LogP contribution is -2.40. The van der Waals surface area contributed by atoms with Crippen molar-refractivity contribution in [1.82, 2.24) is 19.1 Å². The standard InChI is InChI=1S/C24H31F2N5O2S/c1-15-7-8-34(32,33)31(15)23(16-5-3-2-4-6-16)17-9-21(26)22(10-20(17)25)29-11-18-19(12-29)24(18)30-13-27-28-14-30/h9-10,13-16,18-19,23-24H,2-8,11-12H2,1H3. The summed E-state index contributed by atoms with van der Waals surface area (Å²) >= 11 is 0. The minimum atomic E-state index is -3.50. The molecular weight excluding hydrogens is 460 g/mol. The van der Waals surface area contributed by atoms with Gasteiger partial charge in [-0.2, -0.15) is 4.31 Å². The fraction of sp³-hybridized carbons (Fsp3) is 0.667. The van der Waals surface area contributed by atoms with Crippen LogP contribution in [0.25, 0.3) is 0 Å². The summed E-state index contributed by atoms with van der Waals surface area (Å²) in [5.74, 6) is -0.134. The van der Waals surface area contributed by atoms with Gasteiger partial charge in [-0.1, -0.05) is 19.3 Å². The van der Waals surface area contributed by atoms with Crippen molar-refractivity contribution in [2.75, 3.05) is 23.7 Å². The van der Waals surface area contributed by atoms with E-state index in [0.717, 1.165) is 32.1 Å². The van der Waals surface area contributed by atoms with E-state index < -0.39 is 27.7 Å². The van der Waals surface area contributed by atoms with Crippen molar-refractivity contribution in [3.63, 3.8) is 0 Å². The summed E-state index contributed by atoms with van der Waals surface area (Å²) < 4.78 is 60.6. The predicted octanol–water partition coefficient (Wildman–Crippen LogP) is 3.91. The summed E-state index contributed by atoms with van der Waals surface area (Å²) in [6, 6.07) is 2.06. The topological polar surface area (TPSA) is 71.3 Å². The number of rotatable bonds is 5. The van der Waals surface area contributed by atoms with Gasteiger partial charge in [-0.05, 0) is 38.2 Å². The fourth-order valence-corrected chi connectivity index (χ4v) is 8.97. The lowest BCUT2D eigenvalue weighted by atomic mass is 9.80. The zero-order valence-corrected chi connectivity index (χ0v) is 20.2. The molecule has 2 aliphatic heterocycles. The van der Waals surface area contributed by atoms with Crippen molar-refractivity contribution < 1.29 is 17.2 Å². The molecule has 2 saturated heterocycles. The first-order valence-electron chi connectivity index (χ1n) is 12.4. The zero-order valence-electron chi connectivity index (χ0n) is 19.4. The smallest absolute Gasteiger partial charge is 0.214 e. The van der Waals surface area contributed by atoms with E-state index >= 15 is 8.78 Å². The van der Waals surface area contributed by atoms with Gasteiger partial charge in [0.15, 0.2) is 0 Å². The Hall–Kier alpha value is -2.07. The van der Waals surface area contributed by atoms with Crippen molar-refractivity contribution >= 4 is 15.7 Å². The molecule has 4 fully saturated rings. The first-order valence-corrected chi connectivity index (χ1v) is 14.1.